The van der Waals surface area contributed by atoms with E-state index < -0.39 is 0 Å². The first kappa shape index (κ1) is 34.4. The number of hydrogen-bond donors (Lipinski definition) is 0. The second-order valence-corrected chi connectivity index (χ2v) is 12.8. The molecule has 0 saturated carbocycles. The summed E-state index contributed by atoms with van der Waals surface area (Å²) in [5, 5.41) is 1.36. The molecule has 5 rings (SSSR count). The normalized spacial score (nSPS) is 18.5. The molecule has 2 unspecified atom stereocenters. The molecular formula is C36H48ClN3O6. The number of rotatable bonds is 14. The number of carbonyl (C=O) groups is 2. The van der Waals surface area contributed by atoms with Crippen LogP contribution >= 0.6 is 11.6 Å². The van der Waals surface area contributed by atoms with Gasteiger partial charge in [0, 0.05) is 67.1 Å². The Bertz CT molecular complexity index is 1440. The number of benzene rings is 2. The Labute approximate surface area is 277 Å². The number of esters is 1. The first-order valence-corrected chi connectivity index (χ1v) is 17.0. The second kappa shape index (κ2) is 16.7. The molecule has 0 bridgehead atoms. The van der Waals surface area contributed by atoms with Gasteiger partial charge >= 0.3 is 5.97 Å². The molecule has 0 radical (unpaired) electrons. The highest BCUT2D eigenvalue weighted by molar-refractivity contribution is 6.30. The smallest absolute Gasteiger partial charge is 0.310 e. The van der Waals surface area contributed by atoms with E-state index in [0.29, 0.717) is 28.6 Å². The molecule has 2 aliphatic rings. The summed E-state index contributed by atoms with van der Waals surface area (Å²) in [4.78, 5) is 31.7. The van der Waals surface area contributed by atoms with Gasteiger partial charge in [-0.15, -0.1) is 0 Å². The van der Waals surface area contributed by atoms with Crippen molar-refractivity contribution < 1.29 is 28.5 Å². The lowest BCUT2D eigenvalue weighted by Crippen LogP contribution is -2.50. The van der Waals surface area contributed by atoms with Gasteiger partial charge in [-0.25, -0.2) is 0 Å². The number of ether oxygens (including phenoxy) is 4. The summed E-state index contributed by atoms with van der Waals surface area (Å²) in [6, 6.07) is 12.5. The Balaban J connectivity index is 1.08. The highest BCUT2D eigenvalue weighted by atomic mass is 35.5. The summed E-state index contributed by atoms with van der Waals surface area (Å²) in [6.07, 6.45) is 6.87. The van der Waals surface area contributed by atoms with Crippen molar-refractivity contribution in [2.45, 2.75) is 71.1 Å². The maximum absolute atomic E-state index is 13.6. The van der Waals surface area contributed by atoms with E-state index in [1.165, 1.54) is 19.3 Å². The Kier molecular flexibility index (Phi) is 12.5. The highest BCUT2D eigenvalue weighted by Crippen LogP contribution is 2.31. The van der Waals surface area contributed by atoms with E-state index in [1.807, 2.05) is 25.1 Å². The summed E-state index contributed by atoms with van der Waals surface area (Å²) in [6.45, 7) is 11.0. The van der Waals surface area contributed by atoms with Crippen LogP contribution in [0.2, 0.25) is 5.02 Å². The van der Waals surface area contributed by atoms with E-state index >= 15 is 0 Å². The van der Waals surface area contributed by atoms with Crippen LogP contribution in [0.5, 0.6) is 5.75 Å². The summed E-state index contributed by atoms with van der Waals surface area (Å²) < 4.78 is 24.4. The molecule has 0 aliphatic carbocycles. The van der Waals surface area contributed by atoms with Crippen molar-refractivity contribution in [2.24, 2.45) is 0 Å². The van der Waals surface area contributed by atoms with Crippen molar-refractivity contribution in [1.29, 1.82) is 0 Å². The zero-order chi connectivity index (χ0) is 32.5. The lowest BCUT2D eigenvalue weighted by molar-refractivity contribution is -0.162. The molecule has 10 heteroatoms. The highest BCUT2D eigenvalue weighted by Gasteiger charge is 2.25. The van der Waals surface area contributed by atoms with Crippen molar-refractivity contribution in [3.05, 3.63) is 64.3 Å². The van der Waals surface area contributed by atoms with Crippen LogP contribution < -0.4 is 4.74 Å². The van der Waals surface area contributed by atoms with Gasteiger partial charge in [0.05, 0.1) is 19.0 Å². The maximum Gasteiger partial charge on any atom is 0.310 e. The van der Waals surface area contributed by atoms with Crippen LogP contribution in [0, 0.1) is 6.92 Å². The third-order valence-corrected chi connectivity index (χ3v) is 9.49. The van der Waals surface area contributed by atoms with E-state index in [1.54, 1.807) is 35.9 Å². The average Bonchev–Trinajstić information content (AvgIpc) is 3.35. The number of nitrogens with zero attached hydrogens (tertiary/aromatic N) is 3. The number of fused-ring (bicyclic) bond motifs is 1. The average molecular weight is 654 g/mol. The van der Waals surface area contributed by atoms with E-state index in [2.05, 4.69) is 16.7 Å². The fourth-order valence-corrected chi connectivity index (χ4v) is 6.54. The molecule has 2 aliphatic heterocycles. The lowest BCUT2D eigenvalue weighted by Gasteiger charge is -2.37. The molecule has 0 spiro atoms. The first-order chi connectivity index (χ1) is 22.3. The Morgan fingerprint density at radius 1 is 1.02 bits per heavy atom. The van der Waals surface area contributed by atoms with Gasteiger partial charge in [0.1, 0.15) is 12.4 Å². The quantitative estimate of drug-likeness (QED) is 0.152. The minimum Gasteiger partial charge on any atom is -0.497 e. The standard InChI is InChI=1S/C36H48ClN3O6/c1-26(39-19-17-38(18-20-39)16-6-4-7-21-44-35-9-5-8-22-45-35)25-46-34(41)24-31-27(2)40(33-15-14-30(43-3)23-32(31)33)36(42)28-10-12-29(37)13-11-28/h10-15,23,26,35H,4-9,16-22,24-25H2,1-3H3. The van der Waals surface area contributed by atoms with Crippen LogP contribution in [0.25, 0.3) is 10.9 Å². The van der Waals surface area contributed by atoms with Gasteiger partial charge in [-0.3, -0.25) is 19.1 Å². The van der Waals surface area contributed by atoms with Gasteiger partial charge < -0.3 is 23.8 Å². The van der Waals surface area contributed by atoms with Gasteiger partial charge in [0.2, 0.25) is 0 Å². The van der Waals surface area contributed by atoms with E-state index in [9.17, 15) is 9.59 Å². The molecule has 3 aromatic rings. The van der Waals surface area contributed by atoms with Crippen LogP contribution in [0.15, 0.2) is 42.5 Å². The molecule has 2 fully saturated rings. The number of methoxy groups -OCH3 is 1. The summed E-state index contributed by atoms with van der Waals surface area (Å²) in [7, 11) is 1.60. The second-order valence-electron chi connectivity index (χ2n) is 12.4. The zero-order valence-corrected chi connectivity index (χ0v) is 28.2. The molecule has 0 N–H and O–H groups in total. The van der Waals surface area contributed by atoms with Crippen molar-refractivity contribution in [1.82, 2.24) is 14.4 Å². The van der Waals surface area contributed by atoms with Gasteiger partial charge in [0.25, 0.3) is 5.91 Å². The maximum atomic E-state index is 13.6. The molecule has 2 atom stereocenters. The Hall–Kier alpha value is -2.95. The Morgan fingerprint density at radius 3 is 2.52 bits per heavy atom. The number of piperazine rings is 1. The van der Waals surface area contributed by atoms with Crippen molar-refractivity contribution in [3.63, 3.8) is 0 Å². The molecule has 3 heterocycles. The molecule has 2 saturated heterocycles. The molecule has 1 aromatic heterocycles. The third kappa shape index (κ3) is 8.89. The number of halogens is 1. The largest absolute Gasteiger partial charge is 0.497 e. The van der Waals surface area contributed by atoms with Crippen LogP contribution in [0.3, 0.4) is 0 Å². The first-order valence-electron chi connectivity index (χ1n) is 16.7. The predicted molar refractivity (Wildman–Crippen MR) is 180 cm³/mol. The van der Waals surface area contributed by atoms with Gasteiger partial charge in [-0.2, -0.15) is 0 Å². The van der Waals surface area contributed by atoms with Crippen LogP contribution in [0.4, 0.5) is 0 Å². The van der Waals surface area contributed by atoms with Crippen LogP contribution in [-0.4, -0.2) is 98.2 Å². The van der Waals surface area contributed by atoms with Gasteiger partial charge in [-0.1, -0.05) is 11.6 Å². The van der Waals surface area contributed by atoms with Gasteiger partial charge in [0.15, 0.2) is 6.29 Å². The summed E-state index contributed by atoms with van der Waals surface area (Å²) >= 11 is 6.05. The number of hydrogen-bond acceptors (Lipinski definition) is 8. The van der Waals surface area contributed by atoms with E-state index in [0.717, 1.165) is 81.7 Å². The van der Waals surface area contributed by atoms with Gasteiger partial charge in [-0.05, 0) is 107 Å². The lowest BCUT2D eigenvalue weighted by atomic mass is 10.1. The minimum absolute atomic E-state index is 0.00890. The number of aromatic nitrogens is 1. The van der Waals surface area contributed by atoms with Crippen molar-refractivity contribution >= 4 is 34.4 Å². The molecule has 46 heavy (non-hydrogen) atoms. The molecule has 9 nitrogen and oxygen atoms in total. The van der Waals surface area contributed by atoms with E-state index in [-0.39, 0.29) is 30.6 Å². The molecular weight excluding hydrogens is 606 g/mol. The molecule has 0 amide bonds. The van der Waals surface area contributed by atoms with Crippen LogP contribution in [-0.2, 0) is 25.4 Å². The zero-order valence-electron chi connectivity index (χ0n) is 27.5. The minimum atomic E-state index is -0.312. The molecule has 250 valence electrons. The third-order valence-electron chi connectivity index (χ3n) is 9.23. The Morgan fingerprint density at radius 2 is 1.80 bits per heavy atom. The summed E-state index contributed by atoms with van der Waals surface area (Å²) in [5.41, 5.74) is 2.69. The summed E-state index contributed by atoms with van der Waals surface area (Å²) in [5.74, 6) is 0.161. The SMILES string of the molecule is COc1ccc2c(c1)c(CC(=O)OCC(C)N1CCN(CCCCCOC3CCCCO3)CC1)c(C)n2C(=O)c1ccc(Cl)cc1. The van der Waals surface area contributed by atoms with Crippen molar-refractivity contribution in [3.8, 4) is 5.75 Å². The predicted octanol–water partition coefficient (Wildman–Crippen LogP) is 6.11. The molecule has 2 aromatic carbocycles. The van der Waals surface area contributed by atoms with E-state index in [4.69, 9.17) is 30.5 Å². The van der Waals surface area contributed by atoms with Crippen molar-refractivity contribution in [2.75, 3.05) is 59.7 Å². The fraction of sp³-hybridized carbons (Fsp3) is 0.556. The topological polar surface area (TPSA) is 82.5 Å². The number of unbranched alkanes of at least 4 members (excludes halogenated alkanes) is 2. The fourth-order valence-electron chi connectivity index (χ4n) is 6.41. The monoisotopic (exact) mass is 653 g/mol. The van der Waals surface area contributed by atoms with Crippen LogP contribution in [0.1, 0.15) is 67.1 Å². The number of carbonyl (C=O) groups excluding carboxylic acids is 2.